The molecule has 6 rings (SSSR count). The minimum atomic E-state index is 0.876. The SMILES string of the molecule is CN1c2ccccc2Oc2cc(-n3c4ccccc4c4ccccc43)ccc21. The van der Waals surface area contributed by atoms with Crippen LogP contribution in [0.15, 0.2) is 91.0 Å². The molecule has 1 aliphatic heterocycles. The first-order valence-electron chi connectivity index (χ1n) is 9.44. The van der Waals surface area contributed by atoms with Crippen LogP contribution in [-0.2, 0) is 0 Å². The molecule has 0 N–H and O–H groups in total. The first kappa shape index (κ1) is 15.3. The predicted molar refractivity (Wildman–Crippen MR) is 115 cm³/mol. The van der Waals surface area contributed by atoms with Crippen LogP contribution in [0.1, 0.15) is 0 Å². The lowest BCUT2D eigenvalue weighted by Gasteiger charge is -2.30. The molecule has 0 bridgehead atoms. The molecule has 0 radical (unpaired) electrons. The fourth-order valence-corrected chi connectivity index (χ4v) is 4.27. The third-order valence-electron chi connectivity index (χ3n) is 5.59. The fraction of sp³-hybridized carbons (Fsp3) is 0.0400. The van der Waals surface area contributed by atoms with Gasteiger partial charge in [-0.05, 0) is 36.4 Å². The van der Waals surface area contributed by atoms with Crippen molar-refractivity contribution in [1.82, 2.24) is 4.57 Å². The van der Waals surface area contributed by atoms with E-state index >= 15 is 0 Å². The second kappa shape index (κ2) is 5.64. The average Bonchev–Trinajstić information content (AvgIpc) is 3.08. The summed E-state index contributed by atoms with van der Waals surface area (Å²) in [5, 5.41) is 2.53. The van der Waals surface area contributed by atoms with Crippen LogP contribution >= 0.6 is 0 Å². The van der Waals surface area contributed by atoms with Crippen LogP contribution < -0.4 is 9.64 Å². The predicted octanol–water partition coefficient (Wildman–Crippen LogP) is 6.66. The molecule has 0 spiro atoms. The first-order chi connectivity index (χ1) is 13.8. The molecular weight excluding hydrogens is 344 g/mol. The Hall–Kier alpha value is -3.72. The topological polar surface area (TPSA) is 17.4 Å². The van der Waals surface area contributed by atoms with Crippen LogP contribution in [0.2, 0.25) is 0 Å². The molecule has 134 valence electrons. The number of benzene rings is 4. The Bertz CT molecular complexity index is 1310. The Balaban J connectivity index is 1.60. The van der Waals surface area contributed by atoms with Gasteiger partial charge in [0.05, 0.1) is 28.1 Å². The molecule has 28 heavy (non-hydrogen) atoms. The van der Waals surface area contributed by atoms with Gasteiger partial charge in [0.25, 0.3) is 0 Å². The second-order valence-electron chi connectivity index (χ2n) is 7.15. The van der Waals surface area contributed by atoms with E-state index in [0.29, 0.717) is 0 Å². The zero-order valence-corrected chi connectivity index (χ0v) is 15.5. The Kier molecular flexibility index (Phi) is 3.09. The van der Waals surface area contributed by atoms with Crippen LogP contribution in [0, 0.1) is 0 Å². The highest BCUT2D eigenvalue weighted by Crippen LogP contribution is 2.46. The van der Waals surface area contributed by atoms with E-state index in [1.807, 2.05) is 18.2 Å². The molecule has 0 amide bonds. The molecular formula is C25H18N2O. The lowest BCUT2D eigenvalue weighted by atomic mass is 10.1. The van der Waals surface area contributed by atoms with Crippen molar-refractivity contribution in [2.45, 2.75) is 0 Å². The largest absolute Gasteiger partial charge is 0.453 e. The van der Waals surface area contributed by atoms with Crippen molar-refractivity contribution < 1.29 is 4.74 Å². The third-order valence-corrected chi connectivity index (χ3v) is 5.59. The van der Waals surface area contributed by atoms with E-state index in [-0.39, 0.29) is 0 Å². The highest BCUT2D eigenvalue weighted by molar-refractivity contribution is 6.09. The molecule has 0 saturated carbocycles. The van der Waals surface area contributed by atoms with E-state index in [1.54, 1.807) is 0 Å². The maximum absolute atomic E-state index is 6.26. The van der Waals surface area contributed by atoms with Crippen LogP contribution in [0.4, 0.5) is 11.4 Å². The second-order valence-corrected chi connectivity index (χ2v) is 7.15. The van der Waals surface area contributed by atoms with Crippen molar-refractivity contribution in [2.75, 3.05) is 11.9 Å². The number of nitrogens with zero attached hydrogens (tertiary/aromatic N) is 2. The summed E-state index contributed by atoms with van der Waals surface area (Å²) in [7, 11) is 2.08. The normalized spacial score (nSPS) is 12.7. The number of hydrogen-bond donors (Lipinski definition) is 0. The molecule has 0 unspecified atom stereocenters. The monoisotopic (exact) mass is 362 g/mol. The van der Waals surface area contributed by atoms with E-state index in [1.165, 1.54) is 21.8 Å². The van der Waals surface area contributed by atoms with Gasteiger partial charge in [-0.1, -0.05) is 48.5 Å². The summed E-state index contributed by atoms with van der Waals surface area (Å²) in [5.41, 5.74) is 5.66. The Morgan fingerprint density at radius 3 is 1.96 bits per heavy atom. The van der Waals surface area contributed by atoms with Gasteiger partial charge in [-0.15, -0.1) is 0 Å². The van der Waals surface area contributed by atoms with Crippen LogP contribution in [-0.4, -0.2) is 11.6 Å². The number of anilines is 2. The maximum atomic E-state index is 6.26. The number of rotatable bonds is 1. The van der Waals surface area contributed by atoms with Crippen molar-refractivity contribution in [3.05, 3.63) is 91.0 Å². The van der Waals surface area contributed by atoms with Gasteiger partial charge in [-0.25, -0.2) is 0 Å². The zero-order valence-electron chi connectivity index (χ0n) is 15.5. The van der Waals surface area contributed by atoms with Crippen molar-refractivity contribution in [3.8, 4) is 17.2 Å². The molecule has 0 atom stereocenters. The molecule has 0 aliphatic carbocycles. The minimum absolute atomic E-state index is 0.876. The molecule has 5 aromatic rings. The Labute approximate surface area is 163 Å². The van der Waals surface area contributed by atoms with Crippen LogP contribution in [0.3, 0.4) is 0 Å². The number of para-hydroxylation sites is 4. The quantitative estimate of drug-likeness (QED) is 0.332. The van der Waals surface area contributed by atoms with E-state index in [4.69, 9.17) is 4.74 Å². The van der Waals surface area contributed by atoms with E-state index in [0.717, 1.165) is 28.6 Å². The van der Waals surface area contributed by atoms with Gasteiger partial charge in [0, 0.05) is 23.9 Å². The molecule has 2 heterocycles. The Morgan fingerprint density at radius 1 is 0.607 bits per heavy atom. The maximum Gasteiger partial charge on any atom is 0.153 e. The molecule has 4 aromatic carbocycles. The standard InChI is InChI=1S/C25H18N2O/c1-26-22-12-6-7-13-24(22)28-25-16-17(14-15-23(25)26)27-20-10-4-2-8-18(20)19-9-3-5-11-21(19)27/h2-16H,1H3. The molecule has 0 fully saturated rings. The summed E-state index contributed by atoms with van der Waals surface area (Å²) < 4.78 is 8.57. The number of ether oxygens (including phenoxy) is 1. The molecule has 1 aromatic heterocycles. The lowest BCUT2D eigenvalue weighted by Crippen LogP contribution is -2.15. The van der Waals surface area contributed by atoms with E-state index in [9.17, 15) is 0 Å². The van der Waals surface area contributed by atoms with Gasteiger partial charge in [0.2, 0.25) is 0 Å². The van der Waals surface area contributed by atoms with Crippen LogP contribution in [0.25, 0.3) is 27.5 Å². The zero-order chi connectivity index (χ0) is 18.7. The fourth-order valence-electron chi connectivity index (χ4n) is 4.27. The summed E-state index contributed by atoms with van der Waals surface area (Å²) in [6.45, 7) is 0. The molecule has 3 nitrogen and oxygen atoms in total. The first-order valence-corrected chi connectivity index (χ1v) is 9.44. The van der Waals surface area contributed by atoms with Crippen molar-refractivity contribution >= 4 is 33.2 Å². The summed E-state index contributed by atoms with van der Waals surface area (Å²) >= 11 is 0. The molecule has 0 saturated heterocycles. The number of fused-ring (bicyclic) bond motifs is 5. The van der Waals surface area contributed by atoms with Crippen molar-refractivity contribution in [3.63, 3.8) is 0 Å². The van der Waals surface area contributed by atoms with Crippen molar-refractivity contribution in [2.24, 2.45) is 0 Å². The molecule has 3 heteroatoms. The lowest BCUT2D eigenvalue weighted by molar-refractivity contribution is 0.475. The van der Waals surface area contributed by atoms with Gasteiger partial charge in [-0.2, -0.15) is 0 Å². The Morgan fingerprint density at radius 2 is 1.21 bits per heavy atom. The summed E-state index contributed by atoms with van der Waals surface area (Å²) in [5.74, 6) is 1.76. The highest BCUT2D eigenvalue weighted by Gasteiger charge is 2.22. The third kappa shape index (κ3) is 2.04. The number of hydrogen-bond acceptors (Lipinski definition) is 2. The van der Waals surface area contributed by atoms with E-state index in [2.05, 4.69) is 89.3 Å². The van der Waals surface area contributed by atoms with Gasteiger partial charge < -0.3 is 14.2 Å². The summed E-state index contributed by atoms with van der Waals surface area (Å²) in [4.78, 5) is 2.18. The van der Waals surface area contributed by atoms with Gasteiger partial charge >= 0.3 is 0 Å². The smallest absolute Gasteiger partial charge is 0.153 e. The van der Waals surface area contributed by atoms with E-state index < -0.39 is 0 Å². The summed E-state index contributed by atoms with van der Waals surface area (Å²) in [6, 6.07) is 31.7. The molecule has 1 aliphatic rings. The van der Waals surface area contributed by atoms with Crippen LogP contribution in [0.5, 0.6) is 11.5 Å². The summed E-state index contributed by atoms with van der Waals surface area (Å²) in [6.07, 6.45) is 0. The highest BCUT2D eigenvalue weighted by atomic mass is 16.5. The average molecular weight is 362 g/mol. The minimum Gasteiger partial charge on any atom is -0.453 e. The van der Waals surface area contributed by atoms with Gasteiger partial charge in [0.15, 0.2) is 11.5 Å². The van der Waals surface area contributed by atoms with Crippen molar-refractivity contribution in [1.29, 1.82) is 0 Å². The van der Waals surface area contributed by atoms with Gasteiger partial charge in [-0.3, -0.25) is 0 Å². The number of aromatic nitrogens is 1. The van der Waals surface area contributed by atoms with Gasteiger partial charge in [0.1, 0.15) is 0 Å².